The maximum absolute atomic E-state index is 13.5. The lowest BCUT2D eigenvalue weighted by Crippen LogP contribution is -2.50. The molecule has 1 saturated heterocycles. The molecule has 1 aromatic heterocycles. The monoisotopic (exact) mass is 551 g/mol. The van der Waals surface area contributed by atoms with Crippen molar-refractivity contribution in [3.05, 3.63) is 35.8 Å². The molecule has 1 fully saturated rings. The van der Waals surface area contributed by atoms with Gasteiger partial charge in [-0.1, -0.05) is 0 Å². The molecule has 0 amide bonds. The van der Waals surface area contributed by atoms with E-state index in [4.69, 9.17) is 0 Å². The fraction of sp³-hybridized carbons (Fsp3) is 0.550. The van der Waals surface area contributed by atoms with Crippen LogP contribution in [-0.4, -0.2) is 61.6 Å². The Balaban J connectivity index is 0.00000320. The summed E-state index contributed by atoms with van der Waals surface area (Å²) in [7, 11) is -3.11. The number of rotatable bonds is 7. The third-order valence-corrected chi connectivity index (χ3v) is 7.16. The molecule has 7 nitrogen and oxygen atoms in total. The topological polar surface area (TPSA) is 89.6 Å². The van der Waals surface area contributed by atoms with Gasteiger partial charge in [-0.2, -0.15) is 0 Å². The number of nitrogens with zero attached hydrogens (tertiary/aromatic N) is 2. The average Bonchev–Trinajstić information content (AvgIpc) is 3.10. The van der Waals surface area contributed by atoms with Gasteiger partial charge in [0.2, 0.25) is 10.0 Å². The van der Waals surface area contributed by atoms with E-state index in [1.54, 1.807) is 23.4 Å². The van der Waals surface area contributed by atoms with E-state index in [0.717, 1.165) is 41.8 Å². The van der Waals surface area contributed by atoms with Crippen LogP contribution in [0.4, 0.5) is 4.39 Å². The van der Waals surface area contributed by atoms with Gasteiger partial charge in [-0.25, -0.2) is 17.1 Å². The summed E-state index contributed by atoms with van der Waals surface area (Å²) in [5.41, 5.74) is 1.96. The zero-order chi connectivity index (χ0) is 20.9. The van der Waals surface area contributed by atoms with Crippen LogP contribution in [0, 0.1) is 5.82 Å². The third-order valence-electron chi connectivity index (χ3n) is 5.28. The van der Waals surface area contributed by atoms with Gasteiger partial charge in [-0.15, -0.1) is 24.0 Å². The van der Waals surface area contributed by atoms with Gasteiger partial charge in [0.15, 0.2) is 5.96 Å². The van der Waals surface area contributed by atoms with Gasteiger partial charge in [0.05, 0.1) is 5.75 Å². The SMILES string of the molecule is CCNC(=NCCc1c[nH]c2ccc(F)cc12)NC1CCN(S(=O)(=O)CC)CC1.I. The summed E-state index contributed by atoms with van der Waals surface area (Å²) in [6, 6.07) is 4.93. The van der Waals surface area contributed by atoms with Crippen LogP contribution in [0.3, 0.4) is 0 Å². The molecule has 1 aromatic carbocycles. The summed E-state index contributed by atoms with van der Waals surface area (Å²) in [6.07, 6.45) is 4.12. The number of benzene rings is 1. The molecule has 3 N–H and O–H groups in total. The van der Waals surface area contributed by atoms with E-state index in [-0.39, 0.29) is 41.6 Å². The van der Waals surface area contributed by atoms with Crippen LogP contribution >= 0.6 is 24.0 Å². The van der Waals surface area contributed by atoms with Crippen LogP contribution in [-0.2, 0) is 16.4 Å². The minimum Gasteiger partial charge on any atom is -0.361 e. The Morgan fingerprint density at radius 1 is 1.30 bits per heavy atom. The number of hydrogen-bond acceptors (Lipinski definition) is 3. The molecule has 0 unspecified atom stereocenters. The molecule has 10 heteroatoms. The summed E-state index contributed by atoms with van der Waals surface area (Å²) in [4.78, 5) is 7.82. The molecule has 3 rings (SSSR count). The second-order valence-corrected chi connectivity index (χ2v) is 9.49. The maximum Gasteiger partial charge on any atom is 0.213 e. The van der Waals surface area contributed by atoms with Crippen molar-refractivity contribution in [2.45, 2.75) is 39.2 Å². The number of aromatic amines is 1. The smallest absolute Gasteiger partial charge is 0.213 e. The molecule has 0 aliphatic carbocycles. The number of aromatic nitrogens is 1. The molecule has 2 heterocycles. The summed E-state index contributed by atoms with van der Waals surface area (Å²) < 4.78 is 39.1. The predicted molar refractivity (Wildman–Crippen MR) is 131 cm³/mol. The van der Waals surface area contributed by atoms with E-state index in [1.807, 2.05) is 13.1 Å². The van der Waals surface area contributed by atoms with Gasteiger partial charge in [-0.3, -0.25) is 4.99 Å². The number of guanidine groups is 1. The quantitative estimate of drug-likeness (QED) is 0.281. The molecule has 168 valence electrons. The van der Waals surface area contributed by atoms with E-state index >= 15 is 0 Å². The Labute approximate surface area is 195 Å². The number of sulfonamides is 1. The Kier molecular flexibility index (Phi) is 9.35. The summed E-state index contributed by atoms with van der Waals surface area (Å²) >= 11 is 0. The molecule has 0 bridgehead atoms. The number of hydrogen-bond donors (Lipinski definition) is 3. The first-order chi connectivity index (χ1) is 13.9. The highest BCUT2D eigenvalue weighted by Gasteiger charge is 2.26. The van der Waals surface area contributed by atoms with Crippen molar-refractivity contribution in [1.29, 1.82) is 0 Å². The van der Waals surface area contributed by atoms with Crippen LogP contribution in [0.2, 0.25) is 0 Å². The first kappa shape index (κ1) is 24.9. The van der Waals surface area contributed by atoms with Gasteiger partial charge < -0.3 is 15.6 Å². The second-order valence-electron chi connectivity index (χ2n) is 7.23. The average molecular weight is 551 g/mol. The van der Waals surface area contributed by atoms with Crippen molar-refractivity contribution < 1.29 is 12.8 Å². The molecular formula is C20H31FIN5O2S. The van der Waals surface area contributed by atoms with Crippen molar-refractivity contribution in [2.75, 3.05) is 31.9 Å². The molecule has 1 aliphatic rings. The standard InChI is InChI=1S/C20H30FN5O2S.HI/c1-3-22-20(25-17-8-11-26(12-9-17)29(27,28)4-2)23-10-7-15-14-24-19-6-5-16(21)13-18(15)19;/h5-6,13-14,17,24H,3-4,7-12H2,1-2H3,(H2,22,23,25);1H. The lowest BCUT2D eigenvalue weighted by atomic mass is 10.1. The van der Waals surface area contributed by atoms with Gasteiger partial charge in [0, 0.05) is 49.3 Å². The van der Waals surface area contributed by atoms with Gasteiger partial charge in [-0.05, 0) is 56.9 Å². The van der Waals surface area contributed by atoms with Crippen molar-refractivity contribution >= 4 is 50.9 Å². The highest BCUT2D eigenvalue weighted by Crippen LogP contribution is 2.20. The highest BCUT2D eigenvalue weighted by molar-refractivity contribution is 14.0. The van der Waals surface area contributed by atoms with Gasteiger partial charge in [0.25, 0.3) is 0 Å². The number of piperidine rings is 1. The Morgan fingerprint density at radius 2 is 2.03 bits per heavy atom. The van der Waals surface area contributed by atoms with E-state index in [2.05, 4.69) is 20.6 Å². The molecule has 0 radical (unpaired) electrons. The minimum atomic E-state index is -3.11. The molecule has 0 spiro atoms. The Morgan fingerprint density at radius 3 is 2.70 bits per heavy atom. The normalized spacial score (nSPS) is 16.4. The lowest BCUT2D eigenvalue weighted by molar-refractivity contribution is 0.306. The summed E-state index contributed by atoms with van der Waals surface area (Å²) in [5, 5.41) is 7.56. The van der Waals surface area contributed by atoms with Crippen molar-refractivity contribution in [2.24, 2.45) is 4.99 Å². The number of nitrogens with one attached hydrogen (secondary N) is 3. The molecule has 2 aromatic rings. The Hall–Kier alpha value is -1.40. The highest BCUT2D eigenvalue weighted by atomic mass is 127. The Bertz CT molecular complexity index is 955. The fourth-order valence-electron chi connectivity index (χ4n) is 3.62. The zero-order valence-corrected chi connectivity index (χ0v) is 20.6. The first-order valence-corrected chi connectivity index (χ1v) is 11.8. The van der Waals surface area contributed by atoms with Crippen molar-refractivity contribution in [3.8, 4) is 0 Å². The van der Waals surface area contributed by atoms with Crippen molar-refractivity contribution in [1.82, 2.24) is 19.9 Å². The van der Waals surface area contributed by atoms with Crippen LogP contribution < -0.4 is 10.6 Å². The summed E-state index contributed by atoms with van der Waals surface area (Å²) in [6.45, 7) is 6.07. The van der Waals surface area contributed by atoms with E-state index in [1.165, 1.54) is 6.07 Å². The van der Waals surface area contributed by atoms with Crippen LogP contribution in [0.25, 0.3) is 10.9 Å². The van der Waals surface area contributed by atoms with E-state index in [9.17, 15) is 12.8 Å². The maximum atomic E-state index is 13.5. The first-order valence-electron chi connectivity index (χ1n) is 10.2. The van der Waals surface area contributed by atoms with E-state index < -0.39 is 10.0 Å². The molecule has 0 atom stereocenters. The number of H-pyrrole nitrogens is 1. The molecule has 0 saturated carbocycles. The van der Waals surface area contributed by atoms with Crippen LogP contribution in [0.5, 0.6) is 0 Å². The largest absolute Gasteiger partial charge is 0.361 e. The fourth-order valence-corrected chi connectivity index (χ4v) is 4.75. The van der Waals surface area contributed by atoms with Crippen LogP contribution in [0.15, 0.2) is 29.4 Å². The number of aliphatic imine (C=N–C) groups is 1. The second kappa shape index (κ2) is 11.3. The van der Waals surface area contributed by atoms with Crippen LogP contribution in [0.1, 0.15) is 32.3 Å². The summed E-state index contributed by atoms with van der Waals surface area (Å²) in [5.74, 6) is 0.635. The van der Waals surface area contributed by atoms with E-state index in [0.29, 0.717) is 26.1 Å². The minimum absolute atomic E-state index is 0. The van der Waals surface area contributed by atoms with Gasteiger partial charge in [0.1, 0.15) is 5.82 Å². The van der Waals surface area contributed by atoms with Gasteiger partial charge >= 0.3 is 0 Å². The number of fused-ring (bicyclic) bond motifs is 1. The molecule has 30 heavy (non-hydrogen) atoms. The third kappa shape index (κ3) is 6.30. The molecular weight excluding hydrogens is 520 g/mol. The van der Waals surface area contributed by atoms with Crippen molar-refractivity contribution in [3.63, 3.8) is 0 Å². The predicted octanol–water partition coefficient (Wildman–Crippen LogP) is 2.84. The lowest BCUT2D eigenvalue weighted by Gasteiger charge is -2.32. The zero-order valence-electron chi connectivity index (χ0n) is 17.4. The molecule has 1 aliphatic heterocycles. The number of halogens is 2.